The number of fused-ring (bicyclic) bond motifs is 1. The zero-order valence-electron chi connectivity index (χ0n) is 17.1. The molecule has 1 N–H and O–H groups in total. The number of nitro groups is 1. The van der Waals surface area contributed by atoms with Crippen LogP contribution in [-0.2, 0) is 6.54 Å². The molecule has 3 aromatic heterocycles. The van der Waals surface area contributed by atoms with Crippen LogP contribution >= 0.6 is 11.6 Å². The van der Waals surface area contributed by atoms with Crippen LogP contribution < -0.4 is 5.32 Å². The lowest BCUT2D eigenvalue weighted by atomic mass is 10.1. The molecule has 33 heavy (non-hydrogen) atoms. The summed E-state index contributed by atoms with van der Waals surface area (Å²) >= 11 is 5.96. The fraction of sp³-hybridized carbons (Fsp3) is 0.143. The second-order valence-electron chi connectivity index (χ2n) is 7.26. The Hall–Kier alpha value is -4.30. The maximum Gasteiger partial charge on any atom is 0.286 e. The molecular formula is C21H15ClFN7O3. The van der Waals surface area contributed by atoms with Crippen LogP contribution in [0.5, 0.6) is 0 Å². The van der Waals surface area contributed by atoms with E-state index in [1.54, 1.807) is 29.9 Å². The fourth-order valence-corrected chi connectivity index (χ4v) is 3.52. The van der Waals surface area contributed by atoms with Crippen molar-refractivity contribution in [3.05, 3.63) is 81.1 Å². The summed E-state index contributed by atoms with van der Waals surface area (Å²) in [4.78, 5) is 27.1. The number of pyridine rings is 1. The van der Waals surface area contributed by atoms with Gasteiger partial charge in [0.2, 0.25) is 0 Å². The summed E-state index contributed by atoms with van der Waals surface area (Å²) < 4.78 is 17.0. The van der Waals surface area contributed by atoms with Crippen molar-refractivity contribution < 1.29 is 14.1 Å². The molecule has 0 spiro atoms. The molecule has 12 heteroatoms. The molecule has 10 nitrogen and oxygen atoms in total. The van der Waals surface area contributed by atoms with Gasteiger partial charge in [-0.25, -0.2) is 9.37 Å². The Morgan fingerprint density at radius 1 is 1.36 bits per heavy atom. The molecule has 1 atom stereocenters. The van der Waals surface area contributed by atoms with Crippen LogP contribution in [-0.4, -0.2) is 36.0 Å². The monoisotopic (exact) mass is 467 g/mol. The number of halogens is 2. The molecule has 0 aliphatic rings. The maximum absolute atomic E-state index is 14.0. The first kappa shape index (κ1) is 21.9. The first-order valence-corrected chi connectivity index (χ1v) is 10.00. The number of rotatable bonds is 6. The number of aromatic nitrogens is 4. The van der Waals surface area contributed by atoms with Crippen LogP contribution in [0.4, 0.5) is 10.1 Å². The van der Waals surface area contributed by atoms with Gasteiger partial charge in [0.15, 0.2) is 0 Å². The topological polar surface area (TPSA) is 131 Å². The van der Waals surface area contributed by atoms with E-state index in [0.717, 1.165) is 0 Å². The van der Waals surface area contributed by atoms with Crippen LogP contribution in [0.15, 0.2) is 48.9 Å². The van der Waals surface area contributed by atoms with Crippen LogP contribution in [0.1, 0.15) is 23.0 Å². The van der Waals surface area contributed by atoms with Gasteiger partial charge in [0.25, 0.3) is 11.6 Å². The second-order valence-corrected chi connectivity index (χ2v) is 7.67. The molecule has 4 aromatic rings. The number of carbonyl (C=O) groups excluding carboxylic acids is 1. The van der Waals surface area contributed by atoms with Gasteiger partial charge >= 0.3 is 0 Å². The number of nitriles is 1. The summed E-state index contributed by atoms with van der Waals surface area (Å²) in [6, 6.07) is 8.47. The van der Waals surface area contributed by atoms with Crippen molar-refractivity contribution in [2.75, 3.05) is 0 Å². The molecule has 0 saturated carbocycles. The molecule has 0 unspecified atom stereocenters. The quantitative estimate of drug-likeness (QED) is 0.340. The Kier molecular flexibility index (Phi) is 5.76. The van der Waals surface area contributed by atoms with Gasteiger partial charge in [-0.2, -0.15) is 10.4 Å². The lowest BCUT2D eigenvalue weighted by Crippen LogP contribution is -2.36. The zero-order valence-corrected chi connectivity index (χ0v) is 17.8. The highest BCUT2D eigenvalue weighted by molar-refractivity contribution is 6.32. The number of imidazole rings is 1. The third-order valence-electron chi connectivity index (χ3n) is 4.81. The minimum atomic E-state index is -0.729. The highest BCUT2D eigenvalue weighted by Crippen LogP contribution is 2.26. The third kappa shape index (κ3) is 4.51. The second kappa shape index (κ2) is 8.68. The van der Waals surface area contributed by atoms with Crippen molar-refractivity contribution in [1.82, 2.24) is 24.5 Å². The van der Waals surface area contributed by atoms with Gasteiger partial charge in [0.1, 0.15) is 28.8 Å². The van der Waals surface area contributed by atoms with Crippen LogP contribution in [0, 0.1) is 27.3 Å². The van der Waals surface area contributed by atoms with Crippen molar-refractivity contribution in [1.29, 1.82) is 5.26 Å². The Balaban J connectivity index is 1.44. The molecule has 0 radical (unpaired) electrons. The van der Waals surface area contributed by atoms with E-state index in [-0.39, 0.29) is 28.0 Å². The number of benzene rings is 1. The number of nitrogens with zero attached hydrogens (tertiary/aromatic N) is 6. The Labute approximate surface area is 191 Å². The zero-order chi connectivity index (χ0) is 23.7. The SMILES string of the molecule is C[C@@H](Cn1ccc(-c2cc(F)c(C#N)c(Cl)c2)n1)NC(=O)c1cn2cc([N+](=O)[O-])ccc2n1. The number of carbonyl (C=O) groups is 1. The molecule has 0 saturated heterocycles. The van der Waals surface area contributed by atoms with Gasteiger partial charge in [-0.05, 0) is 31.2 Å². The molecule has 0 bridgehead atoms. The Morgan fingerprint density at radius 2 is 2.15 bits per heavy atom. The predicted molar refractivity (Wildman–Crippen MR) is 116 cm³/mol. The van der Waals surface area contributed by atoms with Gasteiger partial charge in [0.05, 0.1) is 28.4 Å². The fourth-order valence-electron chi connectivity index (χ4n) is 3.27. The van der Waals surface area contributed by atoms with Gasteiger partial charge in [-0.1, -0.05) is 11.6 Å². The first-order chi connectivity index (χ1) is 15.7. The maximum atomic E-state index is 14.0. The van der Waals surface area contributed by atoms with Gasteiger partial charge < -0.3 is 5.32 Å². The lowest BCUT2D eigenvalue weighted by Gasteiger charge is -2.13. The van der Waals surface area contributed by atoms with Crippen LogP contribution in [0.2, 0.25) is 5.02 Å². The molecular weight excluding hydrogens is 453 g/mol. The molecule has 0 aliphatic carbocycles. The van der Waals surface area contributed by atoms with Crippen molar-refractivity contribution in [2.45, 2.75) is 19.5 Å². The number of nitrogens with one attached hydrogen (secondary N) is 1. The minimum Gasteiger partial charge on any atom is -0.346 e. The molecule has 166 valence electrons. The third-order valence-corrected chi connectivity index (χ3v) is 5.11. The number of hydrogen-bond donors (Lipinski definition) is 1. The van der Waals surface area contributed by atoms with E-state index in [1.165, 1.54) is 41.1 Å². The van der Waals surface area contributed by atoms with Crippen molar-refractivity contribution in [3.63, 3.8) is 0 Å². The first-order valence-electron chi connectivity index (χ1n) is 9.62. The molecule has 1 aromatic carbocycles. The van der Waals surface area contributed by atoms with E-state index in [9.17, 15) is 19.3 Å². The van der Waals surface area contributed by atoms with E-state index >= 15 is 0 Å². The summed E-state index contributed by atoms with van der Waals surface area (Å²) in [5.41, 5.74) is 1.07. The summed E-state index contributed by atoms with van der Waals surface area (Å²) in [5.74, 6) is -1.17. The van der Waals surface area contributed by atoms with Gasteiger partial charge in [-0.3, -0.25) is 24.0 Å². The number of amides is 1. The average molecular weight is 468 g/mol. The van der Waals surface area contributed by atoms with Crippen molar-refractivity contribution >= 4 is 28.8 Å². The van der Waals surface area contributed by atoms with E-state index in [1.807, 2.05) is 0 Å². The smallest absolute Gasteiger partial charge is 0.286 e. The summed E-state index contributed by atoms with van der Waals surface area (Å²) in [7, 11) is 0. The van der Waals surface area contributed by atoms with Crippen LogP contribution in [0.3, 0.4) is 0 Å². The molecule has 3 heterocycles. The minimum absolute atomic E-state index is 0.000433. The molecule has 1 amide bonds. The summed E-state index contributed by atoms with van der Waals surface area (Å²) in [6.45, 7) is 2.09. The lowest BCUT2D eigenvalue weighted by molar-refractivity contribution is -0.385. The predicted octanol–water partition coefficient (Wildman–Crippen LogP) is 3.59. The Bertz CT molecular complexity index is 1420. The normalized spacial score (nSPS) is 11.8. The number of hydrogen-bond acceptors (Lipinski definition) is 6. The highest BCUT2D eigenvalue weighted by atomic mass is 35.5. The van der Waals surface area contributed by atoms with Crippen molar-refractivity contribution in [3.8, 4) is 17.3 Å². The van der Waals surface area contributed by atoms with E-state index in [2.05, 4.69) is 15.4 Å². The largest absolute Gasteiger partial charge is 0.346 e. The standard InChI is InChI=1S/C21H15ClFN7O3/c1-12(25-21(31)19-11-28-10-14(30(32)33)2-3-20(28)26-19)9-29-5-4-18(27-29)13-6-16(22)15(8-24)17(23)7-13/h2-7,10-12H,9H2,1H3,(H,25,31)/t12-/m0/s1. The molecule has 0 aliphatic heterocycles. The van der Waals surface area contributed by atoms with Gasteiger partial charge in [0, 0.05) is 30.1 Å². The highest BCUT2D eigenvalue weighted by Gasteiger charge is 2.17. The molecule has 0 fully saturated rings. The average Bonchev–Trinajstić information content (AvgIpc) is 3.39. The summed E-state index contributed by atoms with van der Waals surface area (Å²) in [6.07, 6.45) is 4.37. The van der Waals surface area contributed by atoms with E-state index in [0.29, 0.717) is 23.4 Å². The van der Waals surface area contributed by atoms with E-state index in [4.69, 9.17) is 16.9 Å². The van der Waals surface area contributed by atoms with Crippen molar-refractivity contribution in [2.24, 2.45) is 0 Å². The Morgan fingerprint density at radius 3 is 2.85 bits per heavy atom. The summed E-state index contributed by atoms with van der Waals surface area (Å²) in [5, 5.41) is 27.0. The van der Waals surface area contributed by atoms with Gasteiger partial charge in [-0.15, -0.1) is 0 Å². The van der Waals surface area contributed by atoms with Crippen LogP contribution in [0.25, 0.3) is 16.9 Å². The van der Waals surface area contributed by atoms with E-state index < -0.39 is 16.6 Å². The molecule has 4 rings (SSSR count).